The highest BCUT2D eigenvalue weighted by Gasteiger charge is 2.28. The van der Waals surface area contributed by atoms with Gasteiger partial charge in [-0.3, -0.25) is 0 Å². The largest absolute Gasteiger partial charge is 0.591 e. The van der Waals surface area contributed by atoms with Crippen molar-refractivity contribution in [2.24, 2.45) is 4.40 Å². The molecular formula is C14H18ClF2NOS. The SMILES string of the molecule is CC(C)(C)[S@+]([O-])N=C(CCCCl)c1cc(F)ccc1F. The minimum absolute atomic E-state index is 0.0488. The minimum atomic E-state index is -1.53. The molecule has 112 valence electrons. The maximum atomic E-state index is 13.8. The molecular weight excluding hydrogens is 304 g/mol. The molecule has 6 heteroatoms. The minimum Gasteiger partial charge on any atom is -0.591 e. The van der Waals surface area contributed by atoms with E-state index in [0.717, 1.165) is 18.2 Å². The fourth-order valence-electron chi connectivity index (χ4n) is 1.42. The number of hydrogen-bond acceptors (Lipinski definition) is 2. The Morgan fingerprint density at radius 1 is 1.35 bits per heavy atom. The lowest BCUT2D eigenvalue weighted by Crippen LogP contribution is -2.27. The van der Waals surface area contributed by atoms with Gasteiger partial charge in [0, 0.05) is 11.4 Å². The van der Waals surface area contributed by atoms with Crippen molar-refractivity contribution in [1.82, 2.24) is 0 Å². The molecule has 0 fully saturated rings. The van der Waals surface area contributed by atoms with E-state index in [4.69, 9.17) is 11.6 Å². The van der Waals surface area contributed by atoms with Crippen LogP contribution in [-0.2, 0) is 11.4 Å². The van der Waals surface area contributed by atoms with Gasteiger partial charge in [-0.2, -0.15) is 0 Å². The Balaban J connectivity index is 3.18. The van der Waals surface area contributed by atoms with Crippen molar-refractivity contribution in [3.05, 3.63) is 35.4 Å². The molecule has 0 amide bonds. The second-order valence-electron chi connectivity index (χ2n) is 5.32. The van der Waals surface area contributed by atoms with Gasteiger partial charge >= 0.3 is 0 Å². The molecule has 0 saturated carbocycles. The van der Waals surface area contributed by atoms with E-state index in [1.54, 1.807) is 20.8 Å². The molecule has 0 aromatic heterocycles. The molecule has 0 saturated heterocycles. The second-order valence-corrected chi connectivity index (χ2v) is 7.60. The van der Waals surface area contributed by atoms with Crippen molar-refractivity contribution in [2.45, 2.75) is 38.4 Å². The number of rotatable bonds is 5. The van der Waals surface area contributed by atoms with Gasteiger partial charge in [0.25, 0.3) is 0 Å². The first-order chi connectivity index (χ1) is 9.25. The van der Waals surface area contributed by atoms with Crippen LogP contribution in [0, 0.1) is 11.6 Å². The van der Waals surface area contributed by atoms with E-state index < -0.39 is 27.7 Å². The molecule has 0 aliphatic carbocycles. The Morgan fingerprint density at radius 3 is 2.55 bits per heavy atom. The van der Waals surface area contributed by atoms with Crippen LogP contribution in [0.1, 0.15) is 39.2 Å². The Kier molecular flexibility index (Phi) is 6.43. The number of benzene rings is 1. The van der Waals surface area contributed by atoms with E-state index in [2.05, 4.69) is 4.40 Å². The van der Waals surface area contributed by atoms with Crippen molar-refractivity contribution in [1.29, 1.82) is 0 Å². The molecule has 1 aromatic carbocycles. The molecule has 1 rings (SSSR count). The van der Waals surface area contributed by atoms with Crippen LogP contribution in [-0.4, -0.2) is 20.9 Å². The number of alkyl halides is 1. The van der Waals surface area contributed by atoms with Gasteiger partial charge in [-0.15, -0.1) is 11.6 Å². The molecule has 0 radical (unpaired) electrons. The highest BCUT2D eigenvalue weighted by molar-refractivity contribution is 7.91. The summed E-state index contributed by atoms with van der Waals surface area (Å²) >= 11 is 4.10. The lowest BCUT2D eigenvalue weighted by molar-refractivity contribution is 0.561. The maximum absolute atomic E-state index is 13.8. The van der Waals surface area contributed by atoms with Crippen LogP contribution in [0.5, 0.6) is 0 Å². The average molecular weight is 322 g/mol. The fourth-order valence-corrected chi connectivity index (χ4v) is 2.22. The molecule has 0 heterocycles. The Morgan fingerprint density at radius 2 is 2.00 bits per heavy atom. The van der Waals surface area contributed by atoms with E-state index in [9.17, 15) is 13.3 Å². The van der Waals surface area contributed by atoms with Gasteiger partial charge in [0.05, 0.1) is 0 Å². The Bertz CT molecular complexity index is 489. The van der Waals surface area contributed by atoms with E-state index in [0.29, 0.717) is 18.7 Å². The second kappa shape index (κ2) is 7.38. The third-order valence-corrected chi connectivity index (χ3v) is 4.20. The lowest BCUT2D eigenvalue weighted by Gasteiger charge is -2.19. The smallest absolute Gasteiger partial charge is 0.144 e. The highest BCUT2D eigenvalue weighted by atomic mass is 35.5. The van der Waals surface area contributed by atoms with Gasteiger partial charge in [0.2, 0.25) is 0 Å². The summed E-state index contributed by atoms with van der Waals surface area (Å²) in [7, 11) is 0. The molecule has 20 heavy (non-hydrogen) atoms. The van der Waals surface area contributed by atoms with Crippen LogP contribution in [0.3, 0.4) is 0 Å². The van der Waals surface area contributed by atoms with Crippen LogP contribution in [0.25, 0.3) is 0 Å². The highest BCUT2D eigenvalue weighted by Crippen LogP contribution is 2.21. The number of nitrogens with zero attached hydrogens (tertiary/aromatic N) is 1. The topological polar surface area (TPSA) is 35.4 Å². The monoisotopic (exact) mass is 321 g/mol. The van der Waals surface area contributed by atoms with Crippen LogP contribution < -0.4 is 0 Å². The summed E-state index contributed by atoms with van der Waals surface area (Å²) in [6.45, 7) is 5.31. The van der Waals surface area contributed by atoms with Crippen LogP contribution in [0.15, 0.2) is 22.6 Å². The normalized spacial score (nSPS) is 14.4. The molecule has 2 nitrogen and oxygen atoms in total. The number of hydrogen-bond donors (Lipinski definition) is 0. The van der Waals surface area contributed by atoms with Crippen molar-refractivity contribution in [3.8, 4) is 0 Å². The van der Waals surface area contributed by atoms with Crippen molar-refractivity contribution < 1.29 is 13.3 Å². The van der Waals surface area contributed by atoms with Crippen molar-refractivity contribution in [3.63, 3.8) is 0 Å². The van der Waals surface area contributed by atoms with Gasteiger partial charge in [0.1, 0.15) is 33.5 Å². The standard InChI is InChI=1S/C14H18ClF2NOS/c1-14(2,3)20(19)18-13(5-4-8-15)11-9-10(16)6-7-12(11)17/h6-7,9H,4-5,8H2,1-3H3/t20-/m0/s1. The fraction of sp³-hybridized carbons (Fsp3) is 0.500. The first-order valence-corrected chi connectivity index (χ1v) is 7.91. The summed E-state index contributed by atoms with van der Waals surface area (Å²) in [6.07, 6.45) is 0.906. The summed E-state index contributed by atoms with van der Waals surface area (Å²) in [5, 5.41) is 0. The quantitative estimate of drug-likeness (QED) is 0.454. The van der Waals surface area contributed by atoms with Gasteiger partial charge < -0.3 is 4.55 Å². The zero-order chi connectivity index (χ0) is 15.3. The van der Waals surface area contributed by atoms with Crippen molar-refractivity contribution in [2.75, 3.05) is 5.88 Å². The van der Waals surface area contributed by atoms with Crippen LogP contribution in [0.2, 0.25) is 0 Å². The molecule has 0 unspecified atom stereocenters. The van der Waals surface area contributed by atoms with Crippen molar-refractivity contribution >= 4 is 28.7 Å². The Hall–Kier alpha value is -0.650. The van der Waals surface area contributed by atoms with Gasteiger partial charge in [-0.1, -0.05) is 4.40 Å². The summed E-state index contributed by atoms with van der Waals surface area (Å²) in [6, 6.07) is 3.15. The predicted molar refractivity (Wildman–Crippen MR) is 80.7 cm³/mol. The molecule has 0 aliphatic rings. The molecule has 0 N–H and O–H groups in total. The summed E-state index contributed by atoms with van der Waals surface area (Å²) in [5.74, 6) is -0.759. The number of halogens is 3. The maximum Gasteiger partial charge on any atom is 0.144 e. The van der Waals surface area contributed by atoms with E-state index in [1.165, 1.54) is 0 Å². The predicted octanol–water partition coefficient (Wildman–Crippen LogP) is 4.24. The average Bonchev–Trinajstić information content (AvgIpc) is 2.36. The summed E-state index contributed by atoms with van der Waals surface area (Å²) < 4.78 is 42.7. The van der Waals surface area contributed by atoms with E-state index in [-0.39, 0.29) is 11.3 Å². The molecule has 0 bridgehead atoms. The molecule has 0 spiro atoms. The zero-order valence-electron chi connectivity index (χ0n) is 11.8. The van der Waals surface area contributed by atoms with E-state index in [1.807, 2.05) is 0 Å². The van der Waals surface area contributed by atoms with Crippen LogP contribution >= 0.6 is 11.6 Å². The van der Waals surface area contributed by atoms with Gasteiger partial charge in [0.15, 0.2) is 0 Å². The Labute approximate surface area is 126 Å². The van der Waals surface area contributed by atoms with E-state index >= 15 is 0 Å². The van der Waals surface area contributed by atoms with Gasteiger partial charge in [-0.25, -0.2) is 8.78 Å². The molecule has 0 aliphatic heterocycles. The third kappa shape index (κ3) is 5.04. The summed E-state index contributed by atoms with van der Waals surface area (Å²) in [4.78, 5) is 0. The first-order valence-electron chi connectivity index (χ1n) is 6.26. The zero-order valence-corrected chi connectivity index (χ0v) is 13.3. The van der Waals surface area contributed by atoms with Crippen LogP contribution in [0.4, 0.5) is 8.78 Å². The summed E-state index contributed by atoms with van der Waals surface area (Å²) in [5.41, 5.74) is 0.337. The van der Waals surface area contributed by atoms with Gasteiger partial charge in [-0.05, 0) is 51.8 Å². The molecule has 1 atom stereocenters. The third-order valence-electron chi connectivity index (χ3n) is 2.50. The first kappa shape index (κ1) is 17.4. The molecule has 1 aromatic rings. The lowest BCUT2D eigenvalue weighted by atomic mass is 10.1.